The van der Waals surface area contributed by atoms with Crippen molar-refractivity contribution in [1.29, 1.82) is 0 Å². The average molecular weight is 272 g/mol. The lowest BCUT2D eigenvalue weighted by molar-refractivity contribution is 0.146. The molecule has 108 valence electrons. The third-order valence-corrected chi connectivity index (χ3v) is 3.52. The maximum Gasteiger partial charge on any atom is 0.266 e. The first kappa shape index (κ1) is 16.1. The van der Waals surface area contributed by atoms with Gasteiger partial charge < -0.3 is 0 Å². The number of hydrogen-bond donors (Lipinski definition) is 0. The van der Waals surface area contributed by atoms with Crippen molar-refractivity contribution in [2.75, 3.05) is 0 Å². The molecule has 19 heavy (non-hydrogen) atoms. The van der Waals surface area contributed by atoms with Crippen molar-refractivity contribution in [3.63, 3.8) is 0 Å². The fraction of sp³-hybridized carbons (Fsp3) is 0.625. The monoisotopic (exact) mass is 272 g/mol. The SMILES string of the molecule is CCCCCC(CCC)c1ccc(C(F)F)c(F)c1. The minimum Gasteiger partial charge on any atom is -0.206 e. The van der Waals surface area contributed by atoms with Gasteiger partial charge in [0.15, 0.2) is 0 Å². The molecular formula is C16H23F3. The molecular weight excluding hydrogens is 249 g/mol. The van der Waals surface area contributed by atoms with Gasteiger partial charge in [-0.25, -0.2) is 13.2 Å². The minimum absolute atomic E-state index is 0.290. The van der Waals surface area contributed by atoms with E-state index in [0.717, 1.165) is 44.1 Å². The van der Waals surface area contributed by atoms with E-state index < -0.39 is 17.8 Å². The summed E-state index contributed by atoms with van der Waals surface area (Å²) in [5.41, 5.74) is 0.368. The molecule has 1 aromatic rings. The summed E-state index contributed by atoms with van der Waals surface area (Å²) in [6, 6.07) is 4.20. The normalized spacial score (nSPS) is 12.9. The van der Waals surface area contributed by atoms with Gasteiger partial charge in [0, 0.05) is 0 Å². The molecule has 0 aliphatic rings. The van der Waals surface area contributed by atoms with E-state index in [1.54, 1.807) is 6.07 Å². The van der Waals surface area contributed by atoms with E-state index in [1.165, 1.54) is 12.1 Å². The van der Waals surface area contributed by atoms with Gasteiger partial charge in [-0.2, -0.15) is 0 Å². The summed E-state index contributed by atoms with van der Waals surface area (Å²) in [7, 11) is 0. The number of alkyl halides is 2. The van der Waals surface area contributed by atoms with Crippen LogP contribution in [0.4, 0.5) is 13.2 Å². The summed E-state index contributed by atoms with van der Waals surface area (Å²) >= 11 is 0. The third kappa shape index (κ3) is 4.88. The molecule has 1 atom stereocenters. The Hall–Kier alpha value is -0.990. The van der Waals surface area contributed by atoms with Crippen molar-refractivity contribution < 1.29 is 13.2 Å². The second kappa shape index (κ2) is 8.23. The van der Waals surface area contributed by atoms with Gasteiger partial charge in [0.2, 0.25) is 0 Å². The zero-order valence-electron chi connectivity index (χ0n) is 11.8. The van der Waals surface area contributed by atoms with Gasteiger partial charge in [0.05, 0.1) is 5.56 Å². The highest BCUT2D eigenvalue weighted by Crippen LogP contribution is 2.30. The molecule has 0 aliphatic heterocycles. The van der Waals surface area contributed by atoms with Crippen LogP contribution in [-0.2, 0) is 0 Å². The van der Waals surface area contributed by atoms with E-state index in [4.69, 9.17) is 0 Å². The molecule has 0 nitrogen and oxygen atoms in total. The highest BCUT2D eigenvalue weighted by atomic mass is 19.3. The zero-order chi connectivity index (χ0) is 14.3. The van der Waals surface area contributed by atoms with E-state index in [0.29, 0.717) is 0 Å². The molecule has 0 N–H and O–H groups in total. The predicted octanol–water partition coefficient (Wildman–Crippen LogP) is 6.23. The van der Waals surface area contributed by atoms with Gasteiger partial charge >= 0.3 is 0 Å². The van der Waals surface area contributed by atoms with Gasteiger partial charge in [-0.3, -0.25) is 0 Å². The second-order valence-corrected chi connectivity index (χ2v) is 5.06. The molecule has 0 amide bonds. The van der Waals surface area contributed by atoms with Gasteiger partial charge in [-0.15, -0.1) is 0 Å². The molecule has 0 saturated heterocycles. The Bertz CT molecular complexity index is 374. The largest absolute Gasteiger partial charge is 0.266 e. The number of hydrogen-bond acceptors (Lipinski definition) is 0. The molecule has 1 rings (SSSR count). The lowest BCUT2D eigenvalue weighted by Crippen LogP contribution is -2.01. The van der Waals surface area contributed by atoms with Crippen molar-refractivity contribution >= 4 is 0 Å². The van der Waals surface area contributed by atoms with E-state index in [1.807, 2.05) is 0 Å². The van der Waals surface area contributed by atoms with Crippen molar-refractivity contribution in [1.82, 2.24) is 0 Å². The van der Waals surface area contributed by atoms with Crippen LogP contribution in [0, 0.1) is 5.82 Å². The van der Waals surface area contributed by atoms with Crippen molar-refractivity contribution in [2.45, 2.75) is 64.7 Å². The molecule has 0 spiro atoms. The first-order chi connectivity index (χ1) is 9.10. The van der Waals surface area contributed by atoms with Crippen LogP contribution in [0.5, 0.6) is 0 Å². The maximum atomic E-state index is 13.6. The summed E-state index contributed by atoms with van der Waals surface area (Å²) in [6.45, 7) is 4.24. The molecule has 0 aliphatic carbocycles. The van der Waals surface area contributed by atoms with Gasteiger partial charge in [0.25, 0.3) is 6.43 Å². The van der Waals surface area contributed by atoms with E-state index in [-0.39, 0.29) is 5.92 Å². The van der Waals surface area contributed by atoms with Crippen LogP contribution >= 0.6 is 0 Å². The van der Waals surface area contributed by atoms with Crippen molar-refractivity contribution in [2.24, 2.45) is 0 Å². The summed E-state index contributed by atoms with van der Waals surface area (Å²) in [6.07, 6.45) is 3.70. The highest BCUT2D eigenvalue weighted by Gasteiger charge is 2.17. The summed E-state index contributed by atoms with van der Waals surface area (Å²) < 4.78 is 38.6. The molecule has 0 fully saturated rings. The molecule has 1 aromatic carbocycles. The van der Waals surface area contributed by atoms with E-state index in [9.17, 15) is 13.2 Å². The fourth-order valence-electron chi connectivity index (χ4n) is 2.44. The lowest BCUT2D eigenvalue weighted by Gasteiger charge is -2.17. The molecule has 1 unspecified atom stereocenters. The fourth-order valence-corrected chi connectivity index (χ4v) is 2.44. The first-order valence-electron chi connectivity index (χ1n) is 7.17. The molecule has 0 heterocycles. The van der Waals surface area contributed by atoms with Crippen LogP contribution in [-0.4, -0.2) is 0 Å². The van der Waals surface area contributed by atoms with Crippen LogP contribution in [0.3, 0.4) is 0 Å². The van der Waals surface area contributed by atoms with Crippen molar-refractivity contribution in [3.05, 3.63) is 35.1 Å². The molecule has 0 aromatic heterocycles. The molecule has 0 saturated carbocycles. The Balaban J connectivity index is 2.81. The molecule has 0 bridgehead atoms. The van der Waals surface area contributed by atoms with Crippen molar-refractivity contribution in [3.8, 4) is 0 Å². The third-order valence-electron chi connectivity index (χ3n) is 3.52. The number of rotatable bonds is 8. The van der Waals surface area contributed by atoms with E-state index in [2.05, 4.69) is 13.8 Å². The minimum atomic E-state index is -2.74. The molecule has 0 radical (unpaired) electrons. The van der Waals surface area contributed by atoms with Gasteiger partial charge in [-0.05, 0) is 30.4 Å². The zero-order valence-corrected chi connectivity index (χ0v) is 11.8. The van der Waals surface area contributed by atoms with Gasteiger partial charge in [0.1, 0.15) is 5.82 Å². The lowest BCUT2D eigenvalue weighted by atomic mass is 9.89. The van der Waals surface area contributed by atoms with Crippen LogP contribution in [0.15, 0.2) is 18.2 Å². The van der Waals surface area contributed by atoms with Crippen LogP contribution < -0.4 is 0 Å². The summed E-state index contributed by atoms with van der Waals surface area (Å²) in [5.74, 6) is -0.484. The topological polar surface area (TPSA) is 0 Å². The quantitative estimate of drug-likeness (QED) is 0.492. The van der Waals surface area contributed by atoms with Crippen LogP contribution in [0.2, 0.25) is 0 Å². The Kier molecular flexibility index (Phi) is 6.96. The standard InChI is InChI=1S/C16H23F3/c1-3-5-6-8-12(7-4-2)13-9-10-14(16(18)19)15(17)11-13/h9-12,16H,3-8H2,1-2H3. The summed E-state index contributed by atoms with van der Waals surface area (Å²) in [4.78, 5) is 0. The Morgan fingerprint density at radius 3 is 2.26 bits per heavy atom. The van der Waals surface area contributed by atoms with E-state index >= 15 is 0 Å². The molecule has 3 heteroatoms. The predicted molar refractivity (Wildman–Crippen MR) is 73.1 cm³/mol. The Morgan fingerprint density at radius 2 is 1.74 bits per heavy atom. The highest BCUT2D eigenvalue weighted by molar-refractivity contribution is 5.27. The summed E-state index contributed by atoms with van der Waals surface area (Å²) in [5, 5.41) is 0. The van der Waals surface area contributed by atoms with Gasteiger partial charge in [-0.1, -0.05) is 51.7 Å². The van der Waals surface area contributed by atoms with Crippen LogP contribution in [0.25, 0.3) is 0 Å². The Morgan fingerprint density at radius 1 is 1.00 bits per heavy atom. The average Bonchev–Trinajstić information content (AvgIpc) is 2.37. The second-order valence-electron chi connectivity index (χ2n) is 5.06. The maximum absolute atomic E-state index is 13.6. The smallest absolute Gasteiger partial charge is 0.206 e. The first-order valence-corrected chi connectivity index (χ1v) is 7.17. The number of halogens is 3. The Labute approximate surface area is 114 Å². The van der Waals surface area contributed by atoms with Crippen LogP contribution in [0.1, 0.15) is 75.8 Å². The number of unbranched alkanes of at least 4 members (excludes halogenated alkanes) is 2. The number of benzene rings is 1.